The van der Waals surface area contributed by atoms with Gasteiger partial charge in [-0.15, -0.1) is 0 Å². The predicted octanol–water partition coefficient (Wildman–Crippen LogP) is 1.99. The van der Waals surface area contributed by atoms with Gasteiger partial charge in [0.15, 0.2) is 0 Å². The van der Waals surface area contributed by atoms with Gasteiger partial charge in [-0.25, -0.2) is 4.98 Å². The Morgan fingerprint density at radius 2 is 2.26 bits per heavy atom. The highest BCUT2D eigenvalue weighted by molar-refractivity contribution is 5.79. The van der Waals surface area contributed by atoms with Gasteiger partial charge in [0, 0.05) is 24.1 Å². The van der Waals surface area contributed by atoms with Crippen molar-refractivity contribution < 1.29 is 4.79 Å². The fourth-order valence-electron chi connectivity index (χ4n) is 3.15. The second-order valence-electron chi connectivity index (χ2n) is 5.80. The van der Waals surface area contributed by atoms with Crippen molar-refractivity contribution in [3.8, 4) is 0 Å². The van der Waals surface area contributed by atoms with Crippen LogP contribution in [-0.4, -0.2) is 21.9 Å². The zero-order valence-electron chi connectivity index (χ0n) is 11.4. The van der Waals surface area contributed by atoms with Gasteiger partial charge in [-0.1, -0.05) is 19.1 Å². The molecule has 1 aromatic rings. The zero-order chi connectivity index (χ0) is 13.2. The summed E-state index contributed by atoms with van der Waals surface area (Å²) >= 11 is 0. The topological polar surface area (TPSA) is 57.8 Å². The molecule has 0 radical (unpaired) electrons. The number of imidazole rings is 1. The van der Waals surface area contributed by atoms with E-state index in [0.717, 1.165) is 32.1 Å². The number of carbonyl (C=O) groups is 1. The first kappa shape index (κ1) is 12.5. The fourth-order valence-corrected chi connectivity index (χ4v) is 3.15. The summed E-state index contributed by atoms with van der Waals surface area (Å²) in [7, 11) is 0. The smallest absolute Gasteiger partial charge is 0.223 e. The summed E-state index contributed by atoms with van der Waals surface area (Å²) < 4.78 is 0. The van der Waals surface area contributed by atoms with Crippen LogP contribution in [0.5, 0.6) is 0 Å². The first-order chi connectivity index (χ1) is 9.24. The monoisotopic (exact) mass is 259 g/mol. The number of amides is 1. The van der Waals surface area contributed by atoms with Crippen LogP contribution in [0.25, 0.3) is 0 Å². The normalized spacial score (nSPS) is 29.8. The van der Waals surface area contributed by atoms with Gasteiger partial charge in [-0.2, -0.15) is 0 Å². The van der Waals surface area contributed by atoms with Crippen LogP contribution < -0.4 is 5.32 Å². The van der Waals surface area contributed by atoms with Crippen molar-refractivity contribution in [3.05, 3.63) is 29.9 Å². The third kappa shape index (κ3) is 2.57. The SMILES string of the molecule is C[C@@H]1CC=CC[C@H]1C(=O)NC1CCc2nc[nH]c2C1. The van der Waals surface area contributed by atoms with Crippen LogP contribution >= 0.6 is 0 Å². The molecule has 1 unspecified atom stereocenters. The molecule has 2 N–H and O–H groups in total. The summed E-state index contributed by atoms with van der Waals surface area (Å²) in [6, 6.07) is 0.263. The second-order valence-corrected chi connectivity index (χ2v) is 5.80. The number of rotatable bonds is 2. The van der Waals surface area contributed by atoms with Gasteiger partial charge in [0.1, 0.15) is 0 Å². The number of fused-ring (bicyclic) bond motifs is 1. The van der Waals surface area contributed by atoms with E-state index in [1.807, 2.05) is 0 Å². The highest BCUT2D eigenvalue weighted by Crippen LogP contribution is 2.26. The third-order valence-electron chi connectivity index (χ3n) is 4.42. The molecular weight excluding hydrogens is 238 g/mol. The minimum Gasteiger partial charge on any atom is -0.353 e. The molecule has 0 aliphatic heterocycles. The molecule has 0 bridgehead atoms. The van der Waals surface area contributed by atoms with E-state index in [4.69, 9.17) is 0 Å². The summed E-state index contributed by atoms with van der Waals surface area (Å²) in [6.45, 7) is 2.17. The van der Waals surface area contributed by atoms with Crippen molar-refractivity contribution in [1.82, 2.24) is 15.3 Å². The van der Waals surface area contributed by atoms with Gasteiger partial charge in [0.25, 0.3) is 0 Å². The number of carbonyl (C=O) groups excluding carboxylic acids is 1. The average molecular weight is 259 g/mol. The van der Waals surface area contributed by atoms with Gasteiger partial charge in [0.2, 0.25) is 5.91 Å². The molecule has 2 aliphatic carbocycles. The molecule has 1 amide bonds. The Balaban J connectivity index is 1.60. The van der Waals surface area contributed by atoms with Crippen LogP contribution in [0.2, 0.25) is 0 Å². The van der Waals surface area contributed by atoms with Crippen LogP contribution in [0.15, 0.2) is 18.5 Å². The van der Waals surface area contributed by atoms with Crippen molar-refractivity contribution >= 4 is 5.91 Å². The van der Waals surface area contributed by atoms with Gasteiger partial charge < -0.3 is 10.3 Å². The molecule has 0 saturated carbocycles. The zero-order valence-corrected chi connectivity index (χ0v) is 11.4. The summed E-state index contributed by atoms with van der Waals surface area (Å²) in [5.41, 5.74) is 2.35. The van der Waals surface area contributed by atoms with Crippen LogP contribution in [0.4, 0.5) is 0 Å². The van der Waals surface area contributed by atoms with Crippen LogP contribution in [0.3, 0.4) is 0 Å². The maximum Gasteiger partial charge on any atom is 0.223 e. The largest absolute Gasteiger partial charge is 0.353 e. The maximum absolute atomic E-state index is 12.4. The highest BCUT2D eigenvalue weighted by Gasteiger charge is 2.28. The fraction of sp³-hybridized carbons (Fsp3) is 0.600. The summed E-state index contributed by atoms with van der Waals surface area (Å²) in [5.74, 6) is 0.828. The molecule has 0 saturated heterocycles. The number of allylic oxidation sites excluding steroid dienone is 2. The van der Waals surface area contributed by atoms with Crippen molar-refractivity contribution in [3.63, 3.8) is 0 Å². The molecule has 19 heavy (non-hydrogen) atoms. The molecule has 1 heterocycles. The minimum atomic E-state index is 0.146. The number of aryl methyl sites for hydroxylation is 1. The van der Waals surface area contributed by atoms with Gasteiger partial charge in [0.05, 0.1) is 12.0 Å². The highest BCUT2D eigenvalue weighted by atomic mass is 16.1. The van der Waals surface area contributed by atoms with Crippen LogP contribution in [0, 0.1) is 11.8 Å². The molecule has 4 heteroatoms. The first-order valence-electron chi connectivity index (χ1n) is 7.20. The van der Waals surface area contributed by atoms with Gasteiger partial charge in [-0.05, 0) is 31.6 Å². The lowest BCUT2D eigenvalue weighted by Gasteiger charge is -2.28. The third-order valence-corrected chi connectivity index (χ3v) is 4.42. The number of hydrogen-bond acceptors (Lipinski definition) is 2. The Morgan fingerprint density at radius 3 is 3.11 bits per heavy atom. The van der Waals surface area contributed by atoms with Crippen molar-refractivity contribution in [2.45, 2.75) is 45.1 Å². The van der Waals surface area contributed by atoms with Gasteiger partial charge >= 0.3 is 0 Å². The number of nitrogens with zero attached hydrogens (tertiary/aromatic N) is 1. The number of aromatic nitrogens is 2. The minimum absolute atomic E-state index is 0.146. The Morgan fingerprint density at radius 1 is 1.42 bits per heavy atom. The molecule has 4 nitrogen and oxygen atoms in total. The molecule has 3 rings (SSSR count). The number of nitrogens with one attached hydrogen (secondary N) is 2. The van der Waals surface area contributed by atoms with Crippen molar-refractivity contribution in [2.24, 2.45) is 11.8 Å². The number of aromatic amines is 1. The molecule has 0 spiro atoms. The number of H-pyrrole nitrogens is 1. The maximum atomic E-state index is 12.4. The van der Waals surface area contributed by atoms with E-state index in [0.29, 0.717) is 5.92 Å². The predicted molar refractivity (Wildman–Crippen MR) is 73.6 cm³/mol. The Hall–Kier alpha value is -1.58. The first-order valence-corrected chi connectivity index (χ1v) is 7.20. The molecule has 2 aliphatic rings. The van der Waals surface area contributed by atoms with Gasteiger partial charge in [-0.3, -0.25) is 4.79 Å². The Labute approximate surface area is 113 Å². The summed E-state index contributed by atoms with van der Waals surface area (Å²) in [5, 5.41) is 3.23. The quantitative estimate of drug-likeness (QED) is 0.798. The molecular formula is C15H21N3O. The molecule has 3 atom stereocenters. The lowest BCUT2D eigenvalue weighted by molar-refractivity contribution is -0.127. The molecule has 0 fully saturated rings. The summed E-state index contributed by atoms with van der Waals surface area (Å²) in [6.07, 6.45) is 10.8. The Bertz CT molecular complexity index is 491. The van der Waals surface area contributed by atoms with E-state index < -0.39 is 0 Å². The van der Waals surface area contributed by atoms with E-state index in [-0.39, 0.29) is 17.9 Å². The number of hydrogen-bond donors (Lipinski definition) is 2. The second kappa shape index (κ2) is 5.19. The average Bonchev–Trinajstić information content (AvgIpc) is 2.86. The van der Waals surface area contributed by atoms with E-state index in [1.54, 1.807) is 6.33 Å². The molecule has 1 aromatic heterocycles. The van der Waals surface area contributed by atoms with E-state index in [1.165, 1.54) is 11.4 Å². The van der Waals surface area contributed by atoms with E-state index in [9.17, 15) is 4.79 Å². The molecule has 102 valence electrons. The van der Waals surface area contributed by atoms with Crippen molar-refractivity contribution in [2.75, 3.05) is 0 Å². The Kier molecular flexibility index (Phi) is 3.40. The van der Waals surface area contributed by atoms with E-state index in [2.05, 4.69) is 34.4 Å². The van der Waals surface area contributed by atoms with Crippen LogP contribution in [0.1, 0.15) is 37.6 Å². The van der Waals surface area contributed by atoms with E-state index >= 15 is 0 Å². The lowest BCUT2D eigenvalue weighted by Crippen LogP contribution is -2.43. The molecule has 0 aromatic carbocycles. The lowest BCUT2D eigenvalue weighted by atomic mass is 9.83. The van der Waals surface area contributed by atoms with Crippen LogP contribution in [-0.2, 0) is 17.6 Å². The standard InChI is InChI=1S/C15H21N3O/c1-10-4-2-3-5-12(10)15(19)18-11-6-7-13-14(8-11)17-9-16-13/h2-3,9-12H,4-8H2,1H3,(H,16,17)(H,18,19)/t10-,11?,12-/m1/s1. The summed E-state index contributed by atoms with van der Waals surface area (Å²) in [4.78, 5) is 19.8. The van der Waals surface area contributed by atoms with Crippen molar-refractivity contribution in [1.29, 1.82) is 0 Å².